The summed E-state index contributed by atoms with van der Waals surface area (Å²) >= 11 is 0. The van der Waals surface area contributed by atoms with Gasteiger partial charge in [-0.05, 0) is 37.1 Å². The van der Waals surface area contributed by atoms with Gasteiger partial charge < -0.3 is 16.2 Å². The zero-order valence-electron chi connectivity index (χ0n) is 10.3. The molecule has 1 aromatic rings. The summed E-state index contributed by atoms with van der Waals surface area (Å²) in [7, 11) is 0. The summed E-state index contributed by atoms with van der Waals surface area (Å²) in [6.07, 6.45) is 1.28. The number of nitrogen functional groups attached to an aromatic ring is 1. The topological polar surface area (TPSA) is 78.6 Å². The fourth-order valence-electron chi connectivity index (χ4n) is 2.05. The number of piperidine rings is 1. The van der Waals surface area contributed by atoms with Gasteiger partial charge >= 0.3 is 0 Å². The number of aliphatic hydroxyl groups excluding tert-OH is 1. The molecular weight excluding hydrogens is 230 g/mol. The van der Waals surface area contributed by atoms with Crippen LogP contribution in [0.25, 0.3) is 0 Å². The second-order valence-electron chi connectivity index (χ2n) is 4.68. The Kier molecular flexibility index (Phi) is 4.17. The van der Waals surface area contributed by atoms with Gasteiger partial charge in [-0.3, -0.25) is 9.69 Å². The van der Waals surface area contributed by atoms with Gasteiger partial charge in [-0.2, -0.15) is 0 Å². The summed E-state index contributed by atoms with van der Waals surface area (Å²) in [5.41, 5.74) is 7.01. The number of nitrogens with one attached hydrogen (secondary N) is 1. The third-order valence-corrected chi connectivity index (χ3v) is 3.12. The molecule has 1 aliphatic rings. The van der Waals surface area contributed by atoms with Crippen LogP contribution in [0.4, 0.5) is 11.4 Å². The summed E-state index contributed by atoms with van der Waals surface area (Å²) in [5, 5.41) is 12.2. The van der Waals surface area contributed by atoms with Crippen LogP contribution >= 0.6 is 0 Å². The van der Waals surface area contributed by atoms with Crippen LogP contribution in [0.1, 0.15) is 12.8 Å². The first-order valence-corrected chi connectivity index (χ1v) is 6.19. The average molecular weight is 249 g/mol. The van der Waals surface area contributed by atoms with Crippen molar-refractivity contribution < 1.29 is 9.90 Å². The first-order valence-electron chi connectivity index (χ1n) is 6.19. The van der Waals surface area contributed by atoms with Gasteiger partial charge in [0.2, 0.25) is 5.91 Å². The molecule has 18 heavy (non-hydrogen) atoms. The van der Waals surface area contributed by atoms with E-state index >= 15 is 0 Å². The van der Waals surface area contributed by atoms with Crippen molar-refractivity contribution in [2.24, 2.45) is 0 Å². The van der Waals surface area contributed by atoms with E-state index < -0.39 is 0 Å². The number of aliphatic hydroxyl groups is 1. The third-order valence-electron chi connectivity index (χ3n) is 3.12. The van der Waals surface area contributed by atoms with Crippen LogP contribution in [0.2, 0.25) is 0 Å². The molecule has 1 fully saturated rings. The van der Waals surface area contributed by atoms with Crippen molar-refractivity contribution in [3.63, 3.8) is 0 Å². The number of likely N-dealkylation sites (tertiary alicyclic amines) is 1. The molecule has 0 bridgehead atoms. The maximum absolute atomic E-state index is 11.8. The Bertz CT molecular complexity index is 397. The number of anilines is 2. The first-order chi connectivity index (χ1) is 8.63. The van der Waals surface area contributed by atoms with Gasteiger partial charge in [-0.25, -0.2) is 0 Å². The Labute approximate surface area is 107 Å². The minimum atomic E-state index is -0.207. The largest absolute Gasteiger partial charge is 0.399 e. The summed E-state index contributed by atoms with van der Waals surface area (Å²) < 4.78 is 0. The van der Waals surface area contributed by atoms with Crippen molar-refractivity contribution in [2.75, 3.05) is 30.7 Å². The smallest absolute Gasteiger partial charge is 0.238 e. The van der Waals surface area contributed by atoms with E-state index in [1.54, 1.807) is 24.3 Å². The standard InChI is InChI=1S/C13H19N3O2/c14-10-1-3-11(4-2-10)15-13(18)9-16-7-5-12(17)6-8-16/h1-4,12,17H,5-9,14H2,(H,15,18). The fourth-order valence-corrected chi connectivity index (χ4v) is 2.05. The predicted molar refractivity (Wildman–Crippen MR) is 71.2 cm³/mol. The number of nitrogens with two attached hydrogens (primary N) is 1. The normalized spacial score (nSPS) is 17.6. The van der Waals surface area contributed by atoms with Crippen molar-refractivity contribution in [3.8, 4) is 0 Å². The number of nitrogens with zero attached hydrogens (tertiary/aromatic N) is 1. The van der Waals surface area contributed by atoms with Gasteiger partial charge in [0.05, 0.1) is 12.6 Å². The van der Waals surface area contributed by atoms with E-state index in [9.17, 15) is 9.90 Å². The lowest BCUT2D eigenvalue weighted by Crippen LogP contribution is -2.40. The molecule has 1 aliphatic heterocycles. The molecule has 5 heteroatoms. The van der Waals surface area contributed by atoms with Crippen LogP contribution in [0.5, 0.6) is 0 Å². The van der Waals surface area contributed by atoms with Crippen LogP contribution in [0.3, 0.4) is 0 Å². The van der Waals surface area contributed by atoms with Gasteiger partial charge in [0, 0.05) is 24.5 Å². The van der Waals surface area contributed by atoms with Crippen LogP contribution < -0.4 is 11.1 Å². The van der Waals surface area contributed by atoms with E-state index in [4.69, 9.17) is 5.73 Å². The van der Waals surface area contributed by atoms with Crippen molar-refractivity contribution in [3.05, 3.63) is 24.3 Å². The van der Waals surface area contributed by atoms with E-state index in [1.165, 1.54) is 0 Å². The Morgan fingerprint density at radius 3 is 2.56 bits per heavy atom. The molecule has 5 nitrogen and oxygen atoms in total. The lowest BCUT2D eigenvalue weighted by atomic mass is 10.1. The molecule has 0 atom stereocenters. The van der Waals surface area contributed by atoms with Crippen molar-refractivity contribution in [2.45, 2.75) is 18.9 Å². The van der Waals surface area contributed by atoms with Gasteiger partial charge in [0.25, 0.3) is 0 Å². The van der Waals surface area contributed by atoms with Crippen LogP contribution in [0, 0.1) is 0 Å². The number of carbonyl (C=O) groups excluding carboxylic acids is 1. The molecular formula is C13H19N3O2. The van der Waals surface area contributed by atoms with Crippen molar-refractivity contribution in [1.82, 2.24) is 4.90 Å². The van der Waals surface area contributed by atoms with Gasteiger partial charge in [-0.15, -0.1) is 0 Å². The predicted octanol–water partition coefficient (Wildman–Crippen LogP) is 0.664. The van der Waals surface area contributed by atoms with Crippen molar-refractivity contribution >= 4 is 17.3 Å². The minimum absolute atomic E-state index is 0.0313. The molecule has 0 aromatic heterocycles. The zero-order valence-corrected chi connectivity index (χ0v) is 10.3. The minimum Gasteiger partial charge on any atom is -0.399 e. The zero-order chi connectivity index (χ0) is 13.0. The van der Waals surface area contributed by atoms with Crippen molar-refractivity contribution in [1.29, 1.82) is 0 Å². The maximum Gasteiger partial charge on any atom is 0.238 e. The summed E-state index contributed by atoms with van der Waals surface area (Å²) in [4.78, 5) is 13.9. The van der Waals surface area contributed by atoms with Crippen LogP contribution in [-0.4, -0.2) is 41.7 Å². The van der Waals surface area contributed by atoms with Gasteiger partial charge in [0.15, 0.2) is 0 Å². The summed E-state index contributed by atoms with van der Waals surface area (Å²) in [5.74, 6) is -0.0313. The van der Waals surface area contributed by atoms with Crippen LogP contribution in [-0.2, 0) is 4.79 Å². The fraction of sp³-hybridized carbons (Fsp3) is 0.462. The highest BCUT2D eigenvalue weighted by molar-refractivity contribution is 5.92. The Hall–Kier alpha value is -1.59. The molecule has 1 amide bonds. The molecule has 98 valence electrons. The lowest BCUT2D eigenvalue weighted by molar-refractivity contribution is -0.117. The molecule has 0 spiro atoms. The number of hydrogen-bond acceptors (Lipinski definition) is 4. The van der Waals surface area contributed by atoms with E-state index in [2.05, 4.69) is 10.2 Å². The maximum atomic E-state index is 11.8. The molecule has 4 N–H and O–H groups in total. The Balaban J connectivity index is 1.80. The van der Waals surface area contributed by atoms with Crippen LogP contribution in [0.15, 0.2) is 24.3 Å². The highest BCUT2D eigenvalue weighted by Gasteiger charge is 2.18. The average Bonchev–Trinajstić information content (AvgIpc) is 2.35. The van der Waals surface area contributed by atoms with E-state index in [0.29, 0.717) is 12.2 Å². The lowest BCUT2D eigenvalue weighted by Gasteiger charge is -2.28. The second kappa shape index (κ2) is 5.84. The van der Waals surface area contributed by atoms with E-state index in [0.717, 1.165) is 31.6 Å². The summed E-state index contributed by atoms with van der Waals surface area (Å²) in [6.45, 7) is 1.92. The Morgan fingerprint density at radius 1 is 1.33 bits per heavy atom. The molecule has 1 heterocycles. The van der Waals surface area contributed by atoms with E-state index in [1.807, 2.05) is 0 Å². The van der Waals surface area contributed by atoms with Gasteiger partial charge in [0.1, 0.15) is 0 Å². The first kappa shape index (κ1) is 12.9. The molecule has 0 aliphatic carbocycles. The SMILES string of the molecule is Nc1ccc(NC(=O)CN2CCC(O)CC2)cc1. The highest BCUT2D eigenvalue weighted by Crippen LogP contribution is 2.12. The number of benzene rings is 1. The number of amides is 1. The summed E-state index contributed by atoms with van der Waals surface area (Å²) in [6, 6.07) is 7.08. The molecule has 0 saturated carbocycles. The monoisotopic (exact) mass is 249 g/mol. The molecule has 0 radical (unpaired) electrons. The molecule has 0 unspecified atom stereocenters. The Morgan fingerprint density at radius 2 is 1.94 bits per heavy atom. The number of carbonyl (C=O) groups is 1. The molecule has 2 rings (SSSR count). The third kappa shape index (κ3) is 3.72. The number of rotatable bonds is 3. The molecule has 1 aromatic carbocycles. The molecule has 1 saturated heterocycles. The number of hydrogen-bond donors (Lipinski definition) is 3. The second-order valence-corrected chi connectivity index (χ2v) is 4.68. The quantitative estimate of drug-likeness (QED) is 0.688. The van der Waals surface area contributed by atoms with Gasteiger partial charge in [-0.1, -0.05) is 0 Å². The highest BCUT2D eigenvalue weighted by atomic mass is 16.3. The van der Waals surface area contributed by atoms with E-state index in [-0.39, 0.29) is 12.0 Å².